The van der Waals surface area contributed by atoms with Crippen molar-refractivity contribution < 1.29 is 9.66 Å². The number of nitro benzene ring substituents is 1. The lowest BCUT2D eigenvalue weighted by Crippen LogP contribution is -2.17. The first-order valence-corrected chi connectivity index (χ1v) is 7.52. The molecule has 0 bridgehead atoms. The van der Waals surface area contributed by atoms with E-state index in [0.29, 0.717) is 16.9 Å². The van der Waals surface area contributed by atoms with Crippen molar-refractivity contribution >= 4 is 21.6 Å². The summed E-state index contributed by atoms with van der Waals surface area (Å²) in [6.45, 7) is 7.20. The van der Waals surface area contributed by atoms with Crippen LogP contribution in [0.4, 0.5) is 5.69 Å². The lowest BCUT2D eigenvalue weighted by atomic mass is 10.2. The van der Waals surface area contributed by atoms with Crippen LogP contribution in [0.2, 0.25) is 0 Å². The second kappa shape index (κ2) is 9.05. The molecule has 112 valence electrons. The molecule has 0 fully saturated rings. The Labute approximate surface area is 128 Å². The van der Waals surface area contributed by atoms with Gasteiger partial charge in [0.05, 0.1) is 9.40 Å². The van der Waals surface area contributed by atoms with Crippen LogP contribution >= 0.6 is 15.9 Å². The summed E-state index contributed by atoms with van der Waals surface area (Å²) in [6, 6.07) is 5.07. The highest BCUT2D eigenvalue weighted by Gasteiger charge is 2.14. The van der Waals surface area contributed by atoms with Gasteiger partial charge >= 0.3 is 0 Å². The van der Waals surface area contributed by atoms with Gasteiger partial charge in [-0.1, -0.05) is 26.0 Å². The van der Waals surface area contributed by atoms with E-state index >= 15 is 0 Å². The number of nitro groups is 1. The minimum Gasteiger partial charge on any atom is -0.381 e. The molecule has 0 saturated heterocycles. The number of benzene rings is 1. The molecule has 1 aromatic rings. The topological polar surface area (TPSA) is 64.4 Å². The minimum atomic E-state index is -0.382. The zero-order valence-corrected chi connectivity index (χ0v) is 13.5. The summed E-state index contributed by atoms with van der Waals surface area (Å²) < 4.78 is 6.03. The van der Waals surface area contributed by atoms with Crippen molar-refractivity contribution in [3.63, 3.8) is 0 Å². The van der Waals surface area contributed by atoms with E-state index in [2.05, 4.69) is 35.1 Å². The lowest BCUT2D eigenvalue weighted by molar-refractivity contribution is -0.385. The molecule has 0 aromatic heterocycles. The van der Waals surface area contributed by atoms with Gasteiger partial charge in [0.15, 0.2) is 0 Å². The van der Waals surface area contributed by atoms with Crippen LogP contribution in [0.1, 0.15) is 25.8 Å². The van der Waals surface area contributed by atoms with E-state index in [4.69, 9.17) is 4.74 Å². The maximum atomic E-state index is 10.8. The summed E-state index contributed by atoms with van der Waals surface area (Å²) in [4.78, 5) is 10.4. The van der Waals surface area contributed by atoms with Gasteiger partial charge in [0.1, 0.15) is 0 Å². The van der Waals surface area contributed by atoms with E-state index < -0.39 is 0 Å². The molecule has 0 saturated carbocycles. The van der Waals surface area contributed by atoms with Crippen molar-refractivity contribution in [1.82, 2.24) is 5.32 Å². The fourth-order valence-electron chi connectivity index (χ4n) is 1.69. The number of nitrogens with zero attached hydrogens (tertiary/aromatic N) is 1. The minimum absolute atomic E-state index is 0.101. The summed E-state index contributed by atoms with van der Waals surface area (Å²) in [7, 11) is 0. The number of hydrogen-bond acceptors (Lipinski definition) is 4. The lowest BCUT2D eigenvalue weighted by Gasteiger charge is -2.08. The highest BCUT2D eigenvalue weighted by atomic mass is 79.9. The summed E-state index contributed by atoms with van der Waals surface area (Å²) >= 11 is 3.29. The van der Waals surface area contributed by atoms with E-state index in [9.17, 15) is 10.1 Å². The third kappa shape index (κ3) is 5.98. The number of nitrogens with one attached hydrogen (secondary N) is 1. The fourth-order valence-corrected chi connectivity index (χ4v) is 2.23. The van der Waals surface area contributed by atoms with Crippen molar-refractivity contribution in [2.75, 3.05) is 19.8 Å². The summed E-state index contributed by atoms with van der Waals surface area (Å²) in [6.07, 6.45) is 0.930. The van der Waals surface area contributed by atoms with Gasteiger partial charge in [0, 0.05) is 25.8 Å². The van der Waals surface area contributed by atoms with Crippen LogP contribution in [0.15, 0.2) is 22.7 Å². The smallest absolute Gasteiger partial charge is 0.283 e. The first-order chi connectivity index (χ1) is 9.52. The molecule has 5 nitrogen and oxygen atoms in total. The second-order valence-corrected chi connectivity index (χ2v) is 5.80. The molecule has 1 aromatic carbocycles. The van der Waals surface area contributed by atoms with Crippen LogP contribution in [0.5, 0.6) is 0 Å². The molecule has 0 radical (unpaired) electrons. The summed E-state index contributed by atoms with van der Waals surface area (Å²) in [5.74, 6) is 0.559. The standard InChI is InChI=1S/C14H21BrN2O3/c1-11(2)10-20-8-4-7-16-9-12-5-3-6-13(14(12)15)17(18)19/h3,5-6,11,16H,4,7-10H2,1-2H3. The van der Waals surface area contributed by atoms with E-state index in [0.717, 1.165) is 31.7 Å². The molecule has 1 N–H and O–H groups in total. The van der Waals surface area contributed by atoms with Gasteiger partial charge in [0.25, 0.3) is 5.69 Å². The van der Waals surface area contributed by atoms with Crippen molar-refractivity contribution in [2.45, 2.75) is 26.8 Å². The average Bonchev–Trinajstić information content (AvgIpc) is 2.38. The molecule has 0 spiro atoms. The molecule has 0 amide bonds. The number of rotatable bonds is 9. The Morgan fingerprint density at radius 3 is 2.85 bits per heavy atom. The SMILES string of the molecule is CC(C)COCCCNCc1cccc([N+](=O)[O-])c1Br. The van der Waals surface area contributed by atoms with Gasteiger partial charge in [-0.3, -0.25) is 10.1 Å². The van der Waals surface area contributed by atoms with Crippen molar-refractivity contribution in [3.8, 4) is 0 Å². The first kappa shape index (κ1) is 17.1. The predicted octanol–water partition coefficient (Wildman–Crippen LogP) is 3.51. The van der Waals surface area contributed by atoms with Crippen LogP contribution in [-0.4, -0.2) is 24.7 Å². The highest BCUT2D eigenvalue weighted by molar-refractivity contribution is 9.10. The van der Waals surface area contributed by atoms with Gasteiger partial charge in [0.2, 0.25) is 0 Å². The molecule has 20 heavy (non-hydrogen) atoms. The van der Waals surface area contributed by atoms with Gasteiger partial charge in [-0.25, -0.2) is 0 Å². The van der Waals surface area contributed by atoms with Gasteiger partial charge in [-0.05, 0) is 40.4 Å². The quantitative estimate of drug-likeness (QED) is 0.423. The van der Waals surface area contributed by atoms with Crippen LogP contribution < -0.4 is 5.32 Å². The van der Waals surface area contributed by atoms with Crippen LogP contribution in [0, 0.1) is 16.0 Å². The molecule has 0 aliphatic heterocycles. The number of halogens is 1. The van der Waals surface area contributed by atoms with E-state index in [1.54, 1.807) is 6.07 Å². The molecule has 1 rings (SSSR count). The fraction of sp³-hybridized carbons (Fsp3) is 0.571. The molecule has 0 aliphatic rings. The Morgan fingerprint density at radius 2 is 2.20 bits per heavy atom. The van der Waals surface area contributed by atoms with Crippen LogP contribution in [0.25, 0.3) is 0 Å². The van der Waals surface area contributed by atoms with Crippen LogP contribution in [0.3, 0.4) is 0 Å². The van der Waals surface area contributed by atoms with Gasteiger partial charge in [-0.2, -0.15) is 0 Å². The van der Waals surface area contributed by atoms with Crippen molar-refractivity contribution in [2.24, 2.45) is 5.92 Å². The Kier molecular flexibility index (Phi) is 7.72. The van der Waals surface area contributed by atoms with Crippen molar-refractivity contribution in [1.29, 1.82) is 0 Å². The summed E-state index contributed by atoms with van der Waals surface area (Å²) in [5.41, 5.74) is 0.992. The Bertz CT molecular complexity index is 438. The van der Waals surface area contributed by atoms with E-state index in [-0.39, 0.29) is 10.6 Å². The molecular weight excluding hydrogens is 324 g/mol. The second-order valence-electron chi connectivity index (χ2n) is 5.01. The van der Waals surface area contributed by atoms with Crippen LogP contribution in [-0.2, 0) is 11.3 Å². The zero-order chi connectivity index (χ0) is 15.0. The van der Waals surface area contributed by atoms with Crippen molar-refractivity contribution in [3.05, 3.63) is 38.3 Å². The predicted molar refractivity (Wildman–Crippen MR) is 82.8 cm³/mol. The third-order valence-corrected chi connectivity index (χ3v) is 3.58. The number of ether oxygens (including phenoxy) is 1. The monoisotopic (exact) mass is 344 g/mol. The Hall–Kier alpha value is -0.980. The maximum Gasteiger partial charge on any atom is 0.283 e. The van der Waals surface area contributed by atoms with E-state index in [1.807, 2.05) is 6.07 Å². The normalized spacial score (nSPS) is 11.0. The molecule has 0 unspecified atom stereocenters. The number of hydrogen-bond donors (Lipinski definition) is 1. The molecule has 6 heteroatoms. The molecular formula is C14H21BrN2O3. The Balaban J connectivity index is 2.29. The molecule has 0 atom stereocenters. The average molecular weight is 345 g/mol. The molecule has 0 heterocycles. The maximum absolute atomic E-state index is 10.8. The van der Waals surface area contributed by atoms with Gasteiger partial charge in [-0.15, -0.1) is 0 Å². The molecule has 0 aliphatic carbocycles. The first-order valence-electron chi connectivity index (χ1n) is 6.72. The van der Waals surface area contributed by atoms with E-state index in [1.165, 1.54) is 6.07 Å². The zero-order valence-electron chi connectivity index (χ0n) is 11.9. The highest BCUT2D eigenvalue weighted by Crippen LogP contribution is 2.27. The third-order valence-electron chi connectivity index (χ3n) is 2.66. The largest absolute Gasteiger partial charge is 0.381 e. The Morgan fingerprint density at radius 1 is 1.45 bits per heavy atom. The van der Waals surface area contributed by atoms with Gasteiger partial charge < -0.3 is 10.1 Å². The summed E-state index contributed by atoms with van der Waals surface area (Å²) in [5, 5.41) is 14.1.